The lowest BCUT2D eigenvalue weighted by Crippen LogP contribution is -2.38. The minimum Gasteiger partial charge on any atom is -0.464 e. The fourth-order valence-electron chi connectivity index (χ4n) is 5.03. The molecule has 1 saturated heterocycles. The highest BCUT2D eigenvalue weighted by molar-refractivity contribution is 5.73. The minimum absolute atomic E-state index is 0.113. The molecule has 2 heterocycles. The summed E-state index contributed by atoms with van der Waals surface area (Å²) in [6.45, 7) is 4.01. The molecule has 146 valence electrons. The molecule has 4 rings (SSSR count). The summed E-state index contributed by atoms with van der Waals surface area (Å²) in [5.74, 6) is 1.90. The molecular weight excluding hydrogens is 336 g/mol. The number of nitrogens with one attached hydrogen (secondary N) is 1. The van der Waals surface area contributed by atoms with Gasteiger partial charge in [0.15, 0.2) is 0 Å². The lowest BCUT2D eigenvalue weighted by atomic mass is 9.83. The van der Waals surface area contributed by atoms with E-state index in [1.165, 1.54) is 62.7 Å². The predicted molar refractivity (Wildman–Crippen MR) is 108 cm³/mol. The average Bonchev–Trinajstić information content (AvgIpc) is 3.15. The van der Waals surface area contributed by atoms with Crippen molar-refractivity contribution in [1.29, 1.82) is 0 Å². The summed E-state index contributed by atoms with van der Waals surface area (Å²) in [6.07, 6.45) is 11.9. The Hall–Kier alpha value is -1.81. The maximum atomic E-state index is 11.2. The van der Waals surface area contributed by atoms with E-state index in [0.29, 0.717) is 12.1 Å². The number of hydrogen-bond donors (Lipinski definition) is 1. The van der Waals surface area contributed by atoms with Crippen LogP contribution in [0.15, 0.2) is 34.9 Å². The Morgan fingerprint density at radius 1 is 1.19 bits per heavy atom. The van der Waals surface area contributed by atoms with E-state index in [2.05, 4.69) is 28.4 Å². The van der Waals surface area contributed by atoms with Crippen LogP contribution in [0.3, 0.4) is 0 Å². The summed E-state index contributed by atoms with van der Waals surface area (Å²) < 4.78 is 5.86. The molecule has 4 aliphatic rings. The van der Waals surface area contributed by atoms with Crippen molar-refractivity contribution in [3.8, 4) is 11.3 Å². The zero-order valence-electron chi connectivity index (χ0n) is 16.5. The van der Waals surface area contributed by atoms with E-state index in [1.54, 1.807) is 6.92 Å². The van der Waals surface area contributed by atoms with Crippen molar-refractivity contribution >= 4 is 5.91 Å². The summed E-state index contributed by atoms with van der Waals surface area (Å²) in [6, 6.07) is 9.46. The molecule has 0 radical (unpaired) electrons. The largest absolute Gasteiger partial charge is 0.464 e. The Morgan fingerprint density at radius 3 is 2.85 bits per heavy atom. The molecule has 0 bridgehead atoms. The van der Waals surface area contributed by atoms with Gasteiger partial charge in [-0.2, -0.15) is 0 Å². The molecular formula is C23H32N2O2. The number of piperidine rings is 1. The van der Waals surface area contributed by atoms with E-state index in [9.17, 15) is 4.79 Å². The Kier molecular flexibility index (Phi) is 5.82. The highest BCUT2D eigenvalue weighted by atomic mass is 16.3. The predicted octanol–water partition coefficient (Wildman–Crippen LogP) is 5.00. The van der Waals surface area contributed by atoms with Crippen molar-refractivity contribution in [2.75, 3.05) is 13.1 Å². The summed E-state index contributed by atoms with van der Waals surface area (Å²) in [5.41, 5.74) is 2.55. The van der Waals surface area contributed by atoms with Crippen LogP contribution in [0.5, 0.6) is 0 Å². The van der Waals surface area contributed by atoms with E-state index in [4.69, 9.17) is 4.42 Å². The number of nitrogens with zero attached hydrogens (tertiary/aromatic N) is 1. The van der Waals surface area contributed by atoms with Crippen molar-refractivity contribution in [3.05, 3.63) is 36.1 Å². The molecule has 1 unspecified atom stereocenters. The van der Waals surface area contributed by atoms with Crippen molar-refractivity contribution < 1.29 is 9.21 Å². The lowest BCUT2D eigenvalue weighted by Gasteiger charge is -2.37. The van der Waals surface area contributed by atoms with Gasteiger partial charge in [-0.3, -0.25) is 9.69 Å². The highest BCUT2D eigenvalue weighted by Gasteiger charge is 2.27. The zero-order chi connectivity index (χ0) is 18.6. The average molecular weight is 369 g/mol. The van der Waals surface area contributed by atoms with Gasteiger partial charge in [-0.1, -0.05) is 18.6 Å². The van der Waals surface area contributed by atoms with E-state index in [0.717, 1.165) is 24.5 Å². The van der Waals surface area contributed by atoms with Crippen molar-refractivity contribution in [2.45, 2.75) is 70.4 Å². The number of hydrogen-bond acceptors (Lipinski definition) is 3. The molecule has 2 aliphatic heterocycles. The molecule has 27 heavy (non-hydrogen) atoms. The first-order valence-corrected chi connectivity index (χ1v) is 10.7. The molecule has 0 aromatic carbocycles. The molecule has 1 atom stereocenters. The van der Waals surface area contributed by atoms with Gasteiger partial charge in [0.1, 0.15) is 5.76 Å². The lowest BCUT2D eigenvalue weighted by molar-refractivity contribution is -0.119. The van der Waals surface area contributed by atoms with Crippen LogP contribution in [0.25, 0.3) is 11.3 Å². The number of rotatable bonds is 5. The molecule has 4 heteroatoms. The summed E-state index contributed by atoms with van der Waals surface area (Å²) in [4.78, 5) is 13.9. The summed E-state index contributed by atoms with van der Waals surface area (Å²) >= 11 is 0. The van der Waals surface area contributed by atoms with E-state index < -0.39 is 0 Å². The topological polar surface area (TPSA) is 45.5 Å². The van der Waals surface area contributed by atoms with E-state index in [-0.39, 0.29) is 5.91 Å². The van der Waals surface area contributed by atoms with Gasteiger partial charge in [-0.15, -0.1) is 0 Å². The van der Waals surface area contributed by atoms with Crippen LogP contribution in [-0.4, -0.2) is 29.9 Å². The van der Waals surface area contributed by atoms with Crippen LogP contribution < -0.4 is 5.32 Å². The Labute approximate surface area is 162 Å². The van der Waals surface area contributed by atoms with Gasteiger partial charge in [-0.25, -0.2) is 0 Å². The van der Waals surface area contributed by atoms with Crippen LogP contribution in [0.2, 0.25) is 0 Å². The van der Waals surface area contributed by atoms with Gasteiger partial charge < -0.3 is 9.73 Å². The van der Waals surface area contributed by atoms with Crippen LogP contribution in [0, 0.1) is 5.92 Å². The highest BCUT2D eigenvalue weighted by Crippen LogP contribution is 2.36. The maximum absolute atomic E-state index is 11.2. The molecule has 1 amide bonds. The third kappa shape index (κ3) is 4.55. The van der Waals surface area contributed by atoms with E-state index in [1.807, 2.05) is 12.3 Å². The summed E-state index contributed by atoms with van der Waals surface area (Å²) in [7, 11) is 0. The first-order chi connectivity index (χ1) is 13.2. The van der Waals surface area contributed by atoms with Gasteiger partial charge in [0.2, 0.25) is 5.91 Å². The molecule has 0 spiro atoms. The number of carbonyl (C=O) groups excluding carboxylic acids is 1. The van der Waals surface area contributed by atoms with E-state index >= 15 is 0 Å². The van der Waals surface area contributed by atoms with Crippen LogP contribution >= 0.6 is 0 Å². The molecule has 4 nitrogen and oxygen atoms in total. The minimum atomic E-state index is 0.113. The third-order valence-electron chi connectivity index (χ3n) is 6.53. The van der Waals surface area contributed by atoms with Crippen LogP contribution in [0.1, 0.15) is 69.9 Å². The smallest absolute Gasteiger partial charge is 0.217 e. The second-order valence-electron chi connectivity index (χ2n) is 8.48. The fraction of sp³-hybridized carbons (Fsp3) is 0.609. The second-order valence-corrected chi connectivity index (χ2v) is 8.48. The first-order valence-electron chi connectivity index (χ1n) is 10.7. The van der Waals surface area contributed by atoms with Gasteiger partial charge in [-0.05, 0) is 76.1 Å². The SMILES string of the molecule is CC(=O)N[C@H]1CC[C@H](CCN2CCCCC2c2coc3cccc-3c2)CC1. The van der Waals surface area contributed by atoms with Crippen molar-refractivity contribution in [2.24, 2.45) is 5.92 Å². The van der Waals surface area contributed by atoms with Crippen molar-refractivity contribution in [3.63, 3.8) is 0 Å². The van der Waals surface area contributed by atoms with Gasteiger partial charge in [0, 0.05) is 30.1 Å². The Balaban J connectivity index is 1.33. The van der Waals surface area contributed by atoms with Gasteiger partial charge >= 0.3 is 0 Å². The number of likely N-dealkylation sites (tertiary alicyclic amines) is 1. The molecule has 0 aromatic rings. The number of amides is 1. The molecule has 2 fully saturated rings. The second kappa shape index (κ2) is 8.47. The van der Waals surface area contributed by atoms with Crippen molar-refractivity contribution in [1.82, 2.24) is 10.2 Å². The van der Waals surface area contributed by atoms with Gasteiger partial charge in [0.25, 0.3) is 0 Å². The Bertz CT molecular complexity index is 717. The fourth-order valence-corrected chi connectivity index (χ4v) is 5.03. The van der Waals surface area contributed by atoms with Crippen LogP contribution in [-0.2, 0) is 4.79 Å². The molecule has 1 saturated carbocycles. The first kappa shape index (κ1) is 18.5. The molecule has 2 aliphatic carbocycles. The number of fused-ring (bicyclic) bond motifs is 1. The summed E-state index contributed by atoms with van der Waals surface area (Å²) in [5, 5.41) is 3.09. The molecule has 0 aromatic heterocycles. The maximum Gasteiger partial charge on any atom is 0.217 e. The monoisotopic (exact) mass is 368 g/mol. The standard InChI is InChI=1S/C23H32N2O2/c1-17(26)24-21-10-8-18(9-11-21)12-14-25-13-3-2-6-22(25)20-15-19-5-4-7-23(19)27-16-20/h4-5,7,15-16,18,21-22H,2-3,6,8-14H2,1H3,(H,24,26)/t18-,21-,22?. The zero-order valence-corrected chi connectivity index (χ0v) is 16.5. The normalized spacial score (nSPS) is 26.9. The third-order valence-corrected chi connectivity index (χ3v) is 6.53. The quantitative estimate of drug-likeness (QED) is 0.808. The molecule has 1 N–H and O–H groups in total. The Morgan fingerprint density at radius 2 is 2.04 bits per heavy atom. The number of carbonyl (C=O) groups is 1. The van der Waals surface area contributed by atoms with Gasteiger partial charge in [0.05, 0.1) is 6.26 Å². The van der Waals surface area contributed by atoms with Crippen LogP contribution in [0.4, 0.5) is 0 Å².